The molecule has 2 aromatic carbocycles. The Labute approximate surface area is 97.8 Å². The number of hydrogen-bond donors (Lipinski definition) is 3. The van der Waals surface area contributed by atoms with Crippen molar-refractivity contribution in [3.63, 3.8) is 0 Å². The molecular formula is C13H11NO3. The van der Waals surface area contributed by atoms with Crippen LogP contribution in [-0.2, 0) is 0 Å². The van der Waals surface area contributed by atoms with Crippen molar-refractivity contribution in [2.24, 2.45) is 0 Å². The van der Waals surface area contributed by atoms with Crippen LogP contribution in [-0.4, -0.2) is 16.1 Å². The average Bonchev–Trinajstić information content (AvgIpc) is 2.37. The first kappa shape index (κ1) is 11.2. The summed E-state index contributed by atoms with van der Waals surface area (Å²) in [5.74, 6) is -0.425. The number of fused-ring (bicyclic) bond motifs is 1. The van der Waals surface area contributed by atoms with E-state index in [1.54, 1.807) is 29.7 Å². The van der Waals surface area contributed by atoms with E-state index in [1.165, 1.54) is 0 Å². The van der Waals surface area contributed by atoms with Gasteiger partial charge in [0, 0.05) is 17.7 Å². The van der Waals surface area contributed by atoms with Gasteiger partial charge in [-0.15, -0.1) is 0 Å². The van der Waals surface area contributed by atoms with Crippen molar-refractivity contribution in [1.82, 2.24) is 5.48 Å². The van der Waals surface area contributed by atoms with E-state index in [9.17, 15) is 9.90 Å². The highest BCUT2D eigenvalue weighted by atomic mass is 16.5. The van der Waals surface area contributed by atoms with E-state index in [4.69, 9.17) is 5.21 Å². The summed E-state index contributed by atoms with van der Waals surface area (Å²) in [6.45, 7) is 0. The van der Waals surface area contributed by atoms with E-state index < -0.39 is 0 Å². The Bertz CT molecular complexity index is 590. The van der Waals surface area contributed by atoms with Crippen LogP contribution in [0, 0.1) is 0 Å². The molecule has 0 aromatic heterocycles. The van der Waals surface area contributed by atoms with Crippen LogP contribution in [0.25, 0.3) is 10.8 Å². The molecule has 86 valence electrons. The number of rotatable bonds is 3. The second kappa shape index (κ2) is 4.67. The molecule has 4 nitrogen and oxygen atoms in total. The molecule has 0 heterocycles. The highest BCUT2D eigenvalue weighted by molar-refractivity contribution is 6.10. The molecule has 0 bridgehead atoms. The van der Waals surface area contributed by atoms with E-state index >= 15 is 0 Å². The van der Waals surface area contributed by atoms with Crippen molar-refractivity contribution in [2.45, 2.75) is 0 Å². The molecule has 0 unspecified atom stereocenters. The van der Waals surface area contributed by atoms with Gasteiger partial charge in [-0.3, -0.25) is 15.5 Å². The lowest BCUT2D eigenvalue weighted by Crippen LogP contribution is -1.99. The van der Waals surface area contributed by atoms with Crippen LogP contribution >= 0.6 is 0 Å². The summed E-state index contributed by atoms with van der Waals surface area (Å²) in [5.41, 5.74) is 1.95. The molecule has 0 fully saturated rings. The van der Waals surface area contributed by atoms with Crippen molar-refractivity contribution in [3.8, 4) is 5.75 Å². The van der Waals surface area contributed by atoms with Gasteiger partial charge in [0.05, 0.1) is 5.56 Å². The standard InChI is InChI=1S/C13H11NO3/c15-12(7-8-14-17)11-6-5-9-3-1-2-4-10(9)13(11)16/h1-8,14,16-17H/b8-7+. The lowest BCUT2D eigenvalue weighted by molar-refractivity contribution is 0.104. The maximum absolute atomic E-state index is 11.7. The molecule has 0 saturated heterocycles. The van der Waals surface area contributed by atoms with Gasteiger partial charge in [0.25, 0.3) is 0 Å². The van der Waals surface area contributed by atoms with Gasteiger partial charge < -0.3 is 5.11 Å². The largest absolute Gasteiger partial charge is 0.507 e. The molecule has 4 heteroatoms. The maximum atomic E-state index is 11.7. The predicted molar refractivity (Wildman–Crippen MR) is 64.0 cm³/mol. The smallest absolute Gasteiger partial charge is 0.191 e. The quantitative estimate of drug-likeness (QED) is 0.429. The van der Waals surface area contributed by atoms with Gasteiger partial charge in [-0.05, 0) is 11.5 Å². The number of carbonyl (C=O) groups is 1. The van der Waals surface area contributed by atoms with E-state index in [2.05, 4.69) is 0 Å². The summed E-state index contributed by atoms with van der Waals surface area (Å²) in [4.78, 5) is 11.7. The second-order valence-corrected chi connectivity index (χ2v) is 3.51. The maximum Gasteiger partial charge on any atom is 0.191 e. The zero-order chi connectivity index (χ0) is 12.3. The Morgan fingerprint density at radius 2 is 1.94 bits per heavy atom. The number of aromatic hydroxyl groups is 1. The van der Waals surface area contributed by atoms with Crippen LogP contribution in [0.4, 0.5) is 0 Å². The van der Waals surface area contributed by atoms with Crippen LogP contribution in [0.3, 0.4) is 0 Å². The molecule has 2 aromatic rings. The number of phenols is 1. The van der Waals surface area contributed by atoms with Gasteiger partial charge >= 0.3 is 0 Å². The molecule has 0 radical (unpaired) electrons. The Morgan fingerprint density at radius 3 is 2.71 bits per heavy atom. The molecule has 3 N–H and O–H groups in total. The zero-order valence-corrected chi connectivity index (χ0v) is 8.92. The number of benzene rings is 2. The van der Waals surface area contributed by atoms with Gasteiger partial charge in [0.1, 0.15) is 5.75 Å². The zero-order valence-electron chi connectivity index (χ0n) is 8.92. The van der Waals surface area contributed by atoms with Crippen molar-refractivity contribution in [2.75, 3.05) is 0 Å². The van der Waals surface area contributed by atoms with E-state index in [0.717, 1.165) is 17.7 Å². The minimum atomic E-state index is -0.380. The van der Waals surface area contributed by atoms with E-state index in [1.807, 2.05) is 12.1 Å². The monoisotopic (exact) mass is 229 g/mol. The van der Waals surface area contributed by atoms with Crippen LogP contribution in [0.15, 0.2) is 48.7 Å². The number of nitrogens with one attached hydrogen (secondary N) is 1. The van der Waals surface area contributed by atoms with Crippen LogP contribution < -0.4 is 5.48 Å². The molecule has 0 amide bonds. The fourth-order valence-corrected chi connectivity index (χ4v) is 1.66. The lowest BCUT2D eigenvalue weighted by atomic mass is 10.0. The Morgan fingerprint density at radius 1 is 1.18 bits per heavy atom. The minimum absolute atomic E-state index is 0.0457. The third-order valence-corrected chi connectivity index (χ3v) is 2.48. The van der Waals surface area contributed by atoms with Gasteiger partial charge in [-0.2, -0.15) is 0 Å². The number of carbonyl (C=O) groups excluding carboxylic acids is 1. The van der Waals surface area contributed by atoms with Crippen LogP contribution in [0.2, 0.25) is 0 Å². The summed E-state index contributed by atoms with van der Waals surface area (Å²) >= 11 is 0. The molecule has 0 atom stereocenters. The third-order valence-electron chi connectivity index (χ3n) is 2.48. The summed E-state index contributed by atoms with van der Waals surface area (Å²) in [7, 11) is 0. The fourth-order valence-electron chi connectivity index (χ4n) is 1.66. The summed E-state index contributed by atoms with van der Waals surface area (Å²) in [5, 5.41) is 19.8. The second-order valence-electron chi connectivity index (χ2n) is 3.51. The van der Waals surface area contributed by atoms with Crippen molar-refractivity contribution < 1.29 is 15.1 Å². The van der Waals surface area contributed by atoms with Crippen molar-refractivity contribution in [3.05, 3.63) is 54.2 Å². The molecule has 2 rings (SSSR count). The van der Waals surface area contributed by atoms with Crippen molar-refractivity contribution in [1.29, 1.82) is 0 Å². The average molecular weight is 229 g/mol. The molecule has 0 aliphatic rings. The van der Waals surface area contributed by atoms with Gasteiger partial charge in [-0.1, -0.05) is 30.3 Å². The van der Waals surface area contributed by atoms with Crippen LogP contribution in [0.1, 0.15) is 10.4 Å². The van der Waals surface area contributed by atoms with E-state index in [0.29, 0.717) is 5.39 Å². The topological polar surface area (TPSA) is 69.6 Å². The molecule has 0 aliphatic carbocycles. The normalized spacial score (nSPS) is 10.9. The highest BCUT2D eigenvalue weighted by Gasteiger charge is 2.10. The summed E-state index contributed by atoms with van der Waals surface area (Å²) in [6, 6.07) is 10.6. The first-order valence-electron chi connectivity index (χ1n) is 5.05. The Hall–Kier alpha value is -2.33. The number of hydroxylamine groups is 1. The number of phenolic OH excluding ortho intramolecular Hbond substituents is 1. The number of allylic oxidation sites excluding steroid dienone is 1. The summed E-state index contributed by atoms with van der Waals surface area (Å²) in [6.07, 6.45) is 2.24. The Kier molecular flexibility index (Phi) is 3.07. The predicted octanol–water partition coefficient (Wildman–Crippen LogP) is 2.22. The molecule has 0 spiro atoms. The van der Waals surface area contributed by atoms with Gasteiger partial charge in [0.15, 0.2) is 5.78 Å². The molecule has 0 aliphatic heterocycles. The Balaban J connectivity index is 2.53. The van der Waals surface area contributed by atoms with Crippen molar-refractivity contribution >= 4 is 16.6 Å². The summed E-state index contributed by atoms with van der Waals surface area (Å²) < 4.78 is 0. The SMILES string of the molecule is O=C(/C=C/NO)c1ccc2ccccc2c1O. The van der Waals surface area contributed by atoms with Gasteiger partial charge in [0.2, 0.25) is 0 Å². The highest BCUT2D eigenvalue weighted by Crippen LogP contribution is 2.28. The fraction of sp³-hybridized carbons (Fsp3) is 0. The molecule has 0 saturated carbocycles. The third kappa shape index (κ3) is 2.11. The first-order chi connectivity index (χ1) is 8.24. The molecular weight excluding hydrogens is 218 g/mol. The number of hydrogen-bond acceptors (Lipinski definition) is 4. The minimum Gasteiger partial charge on any atom is -0.507 e. The number of ketones is 1. The lowest BCUT2D eigenvalue weighted by Gasteiger charge is -2.05. The van der Waals surface area contributed by atoms with Crippen LogP contribution in [0.5, 0.6) is 5.75 Å². The van der Waals surface area contributed by atoms with Gasteiger partial charge in [-0.25, -0.2) is 0 Å². The first-order valence-corrected chi connectivity index (χ1v) is 5.05. The van der Waals surface area contributed by atoms with E-state index in [-0.39, 0.29) is 17.1 Å². The molecule has 17 heavy (non-hydrogen) atoms.